The highest BCUT2D eigenvalue weighted by Gasteiger charge is 2.32. The number of rotatable bonds is 8. The van der Waals surface area contributed by atoms with E-state index in [1.165, 1.54) is 0 Å². The summed E-state index contributed by atoms with van der Waals surface area (Å²) in [7, 11) is 0. The van der Waals surface area contributed by atoms with E-state index in [1.807, 2.05) is 13.0 Å². The molecule has 27 heavy (non-hydrogen) atoms. The maximum Gasteiger partial charge on any atom is 0.338 e. The smallest absolute Gasteiger partial charge is 0.338 e. The Morgan fingerprint density at radius 2 is 1.67 bits per heavy atom. The highest BCUT2D eigenvalue weighted by Crippen LogP contribution is 2.30. The second-order valence-electron chi connectivity index (χ2n) is 7.18. The second-order valence-corrected chi connectivity index (χ2v) is 7.18. The molecule has 1 saturated carbocycles. The minimum absolute atomic E-state index is 0.0562. The maximum absolute atomic E-state index is 12.2. The minimum atomic E-state index is -0.788. The van der Waals surface area contributed by atoms with Crippen LogP contribution >= 0.6 is 0 Å². The topological polar surface area (TPSA) is 116 Å². The zero-order valence-corrected chi connectivity index (χ0v) is 15.5. The van der Waals surface area contributed by atoms with Gasteiger partial charge < -0.3 is 20.3 Å². The number of esters is 2. The van der Waals surface area contributed by atoms with Crippen molar-refractivity contribution < 1.29 is 29.0 Å². The van der Waals surface area contributed by atoms with E-state index < -0.39 is 23.9 Å². The Balaban J connectivity index is 1.68. The fraction of sp³-hybridized carbons (Fsp3) is 0.550. The van der Waals surface area contributed by atoms with E-state index in [0.29, 0.717) is 31.2 Å². The predicted octanol–water partition coefficient (Wildman–Crippen LogP) is 2.24. The number of carbonyl (C=O) groups is 3. The van der Waals surface area contributed by atoms with Crippen LogP contribution in [0.5, 0.6) is 0 Å². The zero-order chi connectivity index (χ0) is 19.8. The van der Waals surface area contributed by atoms with E-state index in [2.05, 4.69) is 0 Å². The Bertz CT molecular complexity index is 639. The molecule has 0 aliphatic heterocycles. The van der Waals surface area contributed by atoms with Gasteiger partial charge in [0.15, 0.2) is 0 Å². The molecule has 1 aliphatic carbocycles. The summed E-state index contributed by atoms with van der Waals surface area (Å²) in [4.78, 5) is 35.0. The number of nitrogens with two attached hydrogens (primary N) is 1. The largest absolute Gasteiger partial charge is 0.481 e. The van der Waals surface area contributed by atoms with Crippen LogP contribution in [0, 0.1) is 17.8 Å². The zero-order valence-electron chi connectivity index (χ0n) is 15.5. The van der Waals surface area contributed by atoms with Crippen molar-refractivity contribution in [2.45, 2.75) is 38.6 Å². The van der Waals surface area contributed by atoms with E-state index in [0.717, 1.165) is 0 Å². The van der Waals surface area contributed by atoms with Gasteiger partial charge in [0.1, 0.15) is 6.04 Å². The first-order valence-electron chi connectivity index (χ1n) is 9.25. The van der Waals surface area contributed by atoms with Gasteiger partial charge in [0, 0.05) is 5.92 Å². The summed E-state index contributed by atoms with van der Waals surface area (Å²) in [5, 5.41) is 9.02. The van der Waals surface area contributed by atoms with Crippen LogP contribution in [0.3, 0.4) is 0 Å². The number of carbonyl (C=O) groups excluding carboxylic acids is 2. The number of aliphatic carboxylic acids is 1. The predicted molar refractivity (Wildman–Crippen MR) is 97.9 cm³/mol. The molecule has 1 aromatic rings. The lowest BCUT2D eigenvalue weighted by Gasteiger charge is -2.29. The number of ether oxygens (including phenoxy) is 2. The number of carboxylic acid groups (broad SMARTS) is 1. The van der Waals surface area contributed by atoms with Crippen molar-refractivity contribution in [3.05, 3.63) is 35.9 Å². The van der Waals surface area contributed by atoms with Gasteiger partial charge in [-0.1, -0.05) is 25.1 Å². The van der Waals surface area contributed by atoms with Gasteiger partial charge in [-0.25, -0.2) is 4.79 Å². The van der Waals surface area contributed by atoms with Crippen molar-refractivity contribution in [2.75, 3.05) is 13.2 Å². The van der Waals surface area contributed by atoms with Crippen molar-refractivity contribution in [3.63, 3.8) is 0 Å². The lowest BCUT2D eigenvalue weighted by atomic mass is 9.79. The third-order valence-electron chi connectivity index (χ3n) is 4.92. The van der Waals surface area contributed by atoms with E-state index in [-0.39, 0.29) is 31.0 Å². The summed E-state index contributed by atoms with van der Waals surface area (Å²) in [5.74, 6) is -2.25. The molecule has 0 aromatic heterocycles. The van der Waals surface area contributed by atoms with E-state index in [4.69, 9.17) is 20.3 Å². The maximum atomic E-state index is 12.2. The number of benzene rings is 1. The molecule has 7 nitrogen and oxygen atoms in total. The average molecular weight is 377 g/mol. The first kappa shape index (κ1) is 20.9. The lowest BCUT2D eigenvalue weighted by Crippen LogP contribution is -2.42. The molecule has 1 aliphatic rings. The third-order valence-corrected chi connectivity index (χ3v) is 4.92. The van der Waals surface area contributed by atoms with Crippen molar-refractivity contribution in [2.24, 2.45) is 23.5 Å². The SMILES string of the molecule is CC(COC(=O)c1ccccc1)COC(=O)C(N)C1CCC(C(=O)O)CC1. The molecule has 2 unspecified atom stereocenters. The highest BCUT2D eigenvalue weighted by atomic mass is 16.5. The van der Waals surface area contributed by atoms with Gasteiger partial charge in [0.25, 0.3) is 0 Å². The normalized spacial score (nSPS) is 21.7. The van der Waals surface area contributed by atoms with Crippen molar-refractivity contribution in [1.29, 1.82) is 0 Å². The molecule has 0 bridgehead atoms. The fourth-order valence-corrected chi connectivity index (χ4v) is 3.16. The van der Waals surface area contributed by atoms with Gasteiger partial charge in [-0.05, 0) is 43.7 Å². The standard InChI is InChI=1S/C20H27NO6/c1-13(11-26-19(24)16-5-3-2-4-6-16)12-27-20(25)17(21)14-7-9-15(10-8-14)18(22)23/h2-6,13-15,17H,7-12,21H2,1H3,(H,22,23). The molecule has 3 N–H and O–H groups in total. The molecular formula is C20H27NO6. The molecule has 148 valence electrons. The van der Waals surface area contributed by atoms with Crippen LogP contribution in [0.25, 0.3) is 0 Å². The molecular weight excluding hydrogens is 350 g/mol. The second kappa shape index (κ2) is 10.1. The first-order chi connectivity index (χ1) is 12.9. The molecule has 1 fully saturated rings. The van der Waals surface area contributed by atoms with Crippen molar-refractivity contribution in [1.82, 2.24) is 0 Å². The van der Waals surface area contributed by atoms with Gasteiger partial charge in [-0.2, -0.15) is 0 Å². The minimum Gasteiger partial charge on any atom is -0.481 e. The van der Waals surface area contributed by atoms with E-state index >= 15 is 0 Å². The molecule has 0 amide bonds. The molecule has 0 radical (unpaired) electrons. The lowest BCUT2D eigenvalue weighted by molar-refractivity contribution is -0.148. The fourth-order valence-electron chi connectivity index (χ4n) is 3.16. The molecule has 0 spiro atoms. The molecule has 7 heteroatoms. The average Bonchev–Trinajstić information content (AvgIpc) is 2.70. The molecule has 2 rings (SSSR count). The van der Waals surface area contributed by atoms with Gasteiger partial charge in [0.05, 0.1) is 24.7 Å². The highest BCUT2D eigenvalue weighted by molar-refractivity contribution is 5.89. The summed E-state index contributed by atoms with van der Waals surface area (Å²) in [6.07, 6.45) is 2.29. The molecule has 2 atom stereocenters. The Kier molecular flexibility index (Phi) is 7.79. The van der Waals surface area contributed by atoms with Gasteiger partial charge in [-0.3, -0.25) is 9.59 Å². The van der Waals surface area contributed by atoms with Crippen molar-refractivity contribution >= 4 is 17.9 Å². The Morgan fingerprint density at radius 1 is 1.07 bits per heavy atom. The van der Waals surface area contributed by atoms with Crippen LogP contribution in [0.2, 0.25) is 0 Å². The molecule has 0 saturated heterocycles. The van der Waals surface area contributed by atoms with Crippen LogP contribution in [0.15, 0.2) is 30.3 Å². The van der Waals surface area contributed by atoms with Gasteiger partial charge in [-0.15, -0.1) is 0 Å². The monoisotopic (exact) mass is 377 g/mol. The van der Waals surface area contributed by atoms with Gasteiger partial charge >= 0.3 is 17.9 Å². The molecule has 0 heterocycles. The Labute approximate surface area is 158 Å². The van der Waals surface area contributed by atoms with E-state index in [1.54, 1.807) is 24.3 Å². The summed E-state index contributed by atoms with van der Waals surface area (Å²) >= 11 is 0. The quantitative estimate of drug-likeness (QED) is 0.667. The molecule has 1 aromatic carbocycles. The Morgan fingerprint density at radius 3 is 2.26 bits per heavy atom. The summed E-state index contributed by atoms with van der Waals surface area (Å²) in [5.41, 5.74) is 6.46. The van der Waals surface area contributed by atoms with Crippen LogP contribution in [0.4, 0.5) is 0 Å². The van der Waals surface area contributed by atoms with Gasteiger partial charge in [0.2, 0.25) is 0 Å². The summed E-state index contributed by atoms with van der Waals surface area (Å²) < 4.78 is 10.5. The van der Waals surface area contributed by atoms with Crippen LogP contribution in [-0.4, -0.2) is 42.3 Å². The summed E-state index contributed by atoms with van der Waals surface area (Å²) in [6, 6.07) is 7.92. The number of hydrogen-bond acceptors (Lipinski definition) is 6. The number of hydrogen-bond donors (Lipinski definition) is 2. The summed E-state index contributed by atoms with van der Waals surface area (Å²) in [6.45, 7) is 2.06. The Hall–Kier alpha value is -2.41. The number of carboxylic acids is 1. The van der Waals surface area contributed by atoms with Crippen LogP contribution < -0.4 is 5.73 Å². The van der Waals surface area contributed by atoms with Crippen LogP contribution in [0.1, 0.15) is 43.0 Å². The van der Waals surface area contributed by atoms with E-state index in [9.17, 15) is 14.4 Å². The van der Waals surface area contributed by atoms with Crippen molar-refractivity contribution in [3.8, 4) is 0 Å². The first-order valence-corrected chi connectivity index (χ1v) is 9.25. The van der Waals surface area contributed by atoms with Crippen LogP contribution in [-0.2, 0) is 19.1 Å². The third kappa shape index (κ3) is 6.36.